The molecule has 0 atom stereocenters. The second-order valence-corrected chi connectivity index (χ2v) is 10.4. The van der Waals surface area contributed by atoms with Crippen molar-refractivity contribution in [2.45, 2.75) is 23.0 Å². The maximum absolute atomic E-state index is 2.45. The average Bonchev–Trinajstić information content (AvgIpc) is 3.13. The first-order valence-corrected chi connectivity index (χ1v) is 10.4. The van der Waals surface area contributed by atoms with Gasteiger partial charge in [0, 0.05) is 53.6 Å². The first-order chi connectivity index (χ1) is 9.90. The molecule has 4 aliphatic heterocycles. The number of benzene rings is 3. The zero-order valence-electron chi connectivity index (χ0n) is 11.0. The van der Waals surface area contributed by atoms with Gasteiger partial charge in [0.2, 0.25) is 0 Å². The van der Waals surface area contributed by atoms with Crippen LogP contribution in [0.25, 0.3) is 21.5 Å². The summed E-state index contributed by atoms with van der Waals surface area (Å²) in [6.45, 7) is 0. The van der Waals surface area contributed by atoms with Gasteiger partial charge in [0.15, 0.2) is 0 Å². The summed E-state index contributed by atoms with van der Waals surface area (Å²) in [5.41, 5.74) is 6.64. The van der Waals surface area contributed by atoms with E-state index in [1.54, 1.807) is 52.8 Å². The van der Waals surface area contributed by atoms with Gasteiger partial charge >= 0.3 is 0 Å². The summed E-state index contributed by atoms with van der Waals surface area (Å²) in [5, 5.41) is 6.84. The standard InChI is InChI=1S/C18H12S2/c1-2-10-6-20-8-12-4-3-11-7-19-5-9(1)13-14(10)18(20)16(12)15(11)17(13)19/h1-4H,5-8H2. The summed E-state index contributed by atoms with van der Waals surface area (Å²) in [4.78, 5) is 0. The van der Waals surface area contributed by atoms with Gasteiger partial charge in [-0.05, 0) is 22.3 Å². The highest BCUT2D eigenvalue weighted by atomic mass is 32.2. The second kappa shape index (κ2) is 2.77. The van der Waals surface area contributed by atoms with Crippen molar-refractivity contribution in [3.8, 4) is 0 Å². The Labute approximate surface area is 121 Å². The lowest BCUT2D eigenvalue weighted by Gasteiger charge is -2.11. The third-order valence-electron chi connectivity index (χ3n) is 5.56. The minimum absolute atomic E-state index is 0.491. The lowest BCUT2D eigenvalue weighted by molar-refractivity contribution is 1.36. The van der Waals surface area contributed by atoms with Crippen LogP contribution < -0.4 is 0 Å². The Morgan fingerprint density at radius 2 is 0.800 bits per heavy atom. The van der Waals surface area contributed by atoms with Gasteiger partial charge in [-0.3, -0.25) is 0 Å². The van der Waals surface area contributed by atoms with E-state index in [-0.39, 0.29) is 0 Å². The van der Waals surface area contributed by atoms with E-state index in [4.69, 9.17) is 0 Å². The van der Waals surface area contributed by atoms with Gasteiger partial charge in [-0.15, -0.1) is 0 Å². The summed E-state index contributed by atoms with van der Waals surface area (Å²) >= 11 is 0. The molecule has 3 aromatic carbocycles. The summed E-state index contributed by atoms with van der Waals surface area (Å²) in [6.07, 6.45) is 0. The molecule has 0 amide bonds. The molecular formula is C18H12S2. The molecule has 0 radical (unpaired) electrons. The van der Waals surface area contributed by atoms with Crippen LogP contribution >= 0.6 is 21.0 Å². The van der Waals surface area contributed by atoms with Crippen LogP contribution in [0, 0.1) is 9.02 Å². The van der Waals surface area contributed by atoms with E-state index in [1.165, 1.54) is 23.0 Å². The molecule has 4 aliphatic rings. The van der Waals surface area contributed by atoms with E-state index in [1.807, 2.05) is 0 Å². The molecule has 0 fully saturated rings. The molecule has 3 aromatic rings. The van der Waals surface area contributed by atoms with Crippen LogP contribution in [0.4, 0.5) is 0 Å². The van der Waals surface area contributed by atoms with Crippen molar-refractivity contribution in [2.75, 3.05) is 0 Å². The van der Waals surface area contributed by atoms with Crippen molar-refractivity contribution in [1.29, 1.82) is 0 Å². The number of hydrogen-bond acceptors (Lipinski definition) is 0. The third-order valence-corrected chi connectivity index (χ3v) is 10.2. The summed E-state index contributed by atoms with van der Waals surface area (Å²) < 4.78 is 3.56. The molecule has 0 N–H and O–H groups in total. The molecule has 0 nitrogen and oxygen atoms in total. The summed E-state index contributed by atoms with van der Waals surface area (Å²) in [6, 6.07) is 9.81. The molecular weight excluding hydrogens is 280 g/mol. The largest absolute Gasteiger partial charge is 0.168 e. The Balaban J connectivity index is 2.07. The minimum atomic E-state index is 0.491. The molecule has 0 aromatic heterocycles. The maximum atomic E-state index is 2.45. The lowest BCUT2D eigenvalue weighted by Crippen LogP contribution is -1.92. The minimum Gasteiger partial charge on any atom is -0.168 e. The molecule has 0 saturated heterocycles. The Bertz CT molecular complexity index is 1000. The molecule has 0 unspecified atom stereocenters. The maximum Gasteiger partial charge on any atom is 0.0150 e. The van der Waals surface area contributed by atoms with Gasteiger partial charge in [-0.1, -0.05) is 24.3 Å². The fourth-order valence-corrected chi connectivity index (χ4v) is 10.2. The van der Waals surface area contributed by atoms with Crippen LogP contribution in [-0.4, -0.2) is 0 Å². The predicted octanol–water partition coefficient (Wildman–Crippen LogP) is 5.09. The smallest absolute Gasteiger partial charge is 0.0150 e. The zero-order valence-corrected chi connectivity index (χ0v) is 12.6. The van der Waals surface area contributed by atoms with Crippen LogP contribution in [0.3, 0.4) is 0 Å². The zero-order chi connectivity index (χ0) is 12.6. The van der Waals surface area contributed by atoms with Crippen LogP contribution in [0.2, 0.25) is 0 Å². The highest BCUT2D eigenvalue weighted by Crippen LogP contribution is 2.57. The van der Waals surface area contributed by atoms with E-state index in [2.05, 4.69) is 24.3 Å². The summed E-state index contributed by atoms with van der Waals surface area (Å²) in [5.74, 6) is 5.29. The van der Waals surface area contributed by atoms with Crippen LogP contribution in [0.15, 0.2) is 24.3 Å². The normalized spacial score (nSPS) is 20.8. The monoisotopic (exact) mass is 292 g/mol. The van der Waals surface area contributed by atoms with E-state index in [9.17, 15) is 0 Å². The molecule has 2 heteroatoms. The van der Waals surface area contributed by atoms with Crippen molar-refractivity contribution in [1.82, 2.24) is 0 Å². The second-order valence-electron chi connectivity index (χ2n) is 6.49. The van der Waals surface area contributed by atoms with Gasteiger partial charge in [-0.2, -0.15) is 21.0 Å². The van der Waals surface area contributed by atoms with Crippen LogP contribution in [0.1, 0.15) is 22.3 Å². The molecule has 4 heterocycles. The average molecular weight is 292 g/mol. The van der Waals surface area contributed by atoms with E-state index < -0.39 is 0 Å². The van der Waals surface area contributed by atoms with E-state index >= 15 is 0 Å². The lowest BCUT2D eigenvalue weighted by atomic mass is 9.93. The van der Waals surface area contributed by atoms with Gasteiger partial charge in [-0.25, -0.2) is 0 Å². The van der Waals surface area contributed by atoms with Crippen molar-refractivity contribution in [3.63, 3.8) is 0 Å². The quantitative estimate of drug-likeness (QED) is 0.400. The Kier molecular flexibility index (Phi) is 1.35. The molecule has 0 bridgehead atoms. The van der Waals surface area contributed by atoms with Crippen LogP contribution in [-0.2, 0) is 23.0 Å². The third kappa shape index (κ3) is 0.801. The molecule has 0 saturated carbocycles. The molecule has 0 aliphatic carbocycles. The fourth-order valence-electron chi connectivity index (χ4n) is 4.87. The Morgan fingerprint density at radius 3 is 1.10 bits per heavy atom. The van der Waals surface area contributed by atoms with Gasteiger partial charge in [0.25, 0.3) is 0 Å². The Hall–Kier alpha value is -1.12. The van der Waals surface area contributed by atoms with Gasteiger partial charge < -0.3 is 0 Å². The molecule has 7 rings (SSSR count). The molecule has 20 heavy (non-hydrogen) atoms. The van der Waals surface area contributed by atoms with Gasteiger partial charge in [0.1, 0.15) is 0 Å². The fraction of sp³-hybridized carbons (Fsp3) is 0.222. The van der Waals surface area contributed by atoms with Crippen molar-refractivity contribution in [2.24, 2.45) is 0 Å². The summed E-state index contributed by atoms with van der Waals surface area (Å²) in [7, 11) is 0.982. The van der Waals surface area contributed by atoms with Crippen molar-refractivity contribution < 1.29 is 0 Å². The number of rotatable bonds is 0. The van der Waals surface area contributed by atoms with Crippen molar-refractivity contribution in [3.05, 3.63) is 55.5 Å². The highest BCUT2D eigenvalue weighted by Gasteiger charge is 2.32. The van der Waals surface area contributed by atoms with Crippen molar-refractivity contribution >= 4 is 42.5 Å². The first kappa shape index (κ1) is 9.75. The van der Waals surface area contributed by atoms with E-state index in [0.29, 0.717) is 21.0 Å². The highest BCUT2D eigenvalue weighted by molar-refractivity contribution is 8.09. The van der Waals surface area contributed by atoms with Crippen LogP contribution in [0.5, 0.6) is 0 Å². The molecule has 0 spiro atoms. The molecule has 96 valence electrons. The van der Waals surface area contributed by atoms with Gasteiger partial charge in [0.05, 0.1) is 0 Å². The topological polar surface area (TPSA) is 0 Å². The SMILES string of the molecule is c1cc2c3c4c5c(ccc6c5c5c3c1CS=5C6)CS=4C2. The predicted molar refractivity (Wildman–Crippen MR) is 89.1 cm³/mol. The first-order valence-electron chi connectivity index (χ1n) is 7.30. The Morgan fingerprint density at radius 1 is 0.500 bits per heavy atom. The number of hydrogen-bond donors (Lipinski definition) is 0. The van der Waals surface area contributed by atoms with E-state index in [0.717, 1.165) is 0 Å².